The first-order valence-electron chi connectivity index (χ1n) is 7.08. The van der Waals surface area contributed by atoms with Crippen LogP contribution in [0.3, 0.4) is 0 Å². The van der Waals surface area contributed by atoms with Crippen molar-refractivity contribution in [1.29, 1.82) is 0 Å². The average molecular weight is 293 g/mol. The molecule has 1 amide bonds. The van der Waals surface area contributed by atoms with Crippen LogP contribution in [0.4, 0.5) is 5.95 Å². The van der Waals surface area contributed by atoms with Gasteiger partial charge in [0.25, 0.3) is 5.91 Å². The first kappa shape index (κ1) is 12.7. The summed E-state index contributed by atoms with van der Waals surface area (Å²) in [5, 5.41) is 5.31. The Labute approximate surface area is 125 Å². The summed E-state index contributed by atoms with van der Waals surface area (Å²) in [7, 11) is 0. The van der Waals surface area contributed by atoms with E-state index in [-0.39, 0.29) is 5.91 Å². The molecule has 0 atom stereocenters. The lowest BCUT2D eigenvalue weighted by Gasteiger charge is -2.03. The van der Waals surface area contributed by atoms with E-state index in [1.807, 2.05) is 24.3 Å². The fourth-order valence-corrected chi connectivity index (χ4v) is 3.07. The largest absolute Gasteiger partial charge is 0.369 e. The molecule has 1 aliphatic heterocycles. The van der Waals surface area contributed by atoms with Gasteiger partial charge in [0, 0.05) is 23.0 Å². The van der Waals surface area contributed by atoms with Crippen LogP contribution in [-0.4, -0.2) is 27.4 Å². The van der Waals surface area contributed by atoms with E-state index in [0.717, 1.165) is 27.4 Å². The molecule has 1 aromatic carbocycles. The van der Waals surface area contributed by atoms with Crippen molar-refractivity contribution < 1.29 is 4.79 Å². The molecule has 3 heterocycles. The Kier molecular flexibility index (Phi) is 2.59. The minimum atomic E-state index is -0.0979. The minimum absolute atomic E-state index is 0.0979. The summed E-state index contributed by atoms with van der Waals surface area (Å²) in [6.07, 6.45) is 0.685. The number of hydrogen-bond acceptors (Lipinski definition) is 3. The van der Waals surface area contributed by atoms with E-state index in [0.29, 0.717) is 30.0 Å². The maximum Gasteiger partial charge on any atom is 0.268 e. The molecular weight excluding hydrogens is 278 g/mol. The van der Waals surface area contributed by atoms with Gasteiger partial charge >= 0.3 is 0 Å². The lowest BCUT2D eigenvalue weighted by atomic mass is 9.99. The Balaban J connectivity index is 2.19. The molecule has 0 saturated heterocycles. The van der Waals surface area contributed by atoms with Gasteiger partial charge in [0.2, 0.25) is 0 Å². The monoisotopic (exact) mass is 293 g/mol. The van der Waals surface area contributed by atoms with E-state index in [4.69, 9.17) is 5.73 Å². The summed E-state index contributed by atoms with van der Waals surface area (Å²) in [5.74, 6) is 0.233. The van der Waals surface area contributed by atoms with Crippen LogP contribution in [0.1, 0.15) is 22.5 Å². The molecule has 0 unspecified atom stereocenters. The zero-order valence-electron chi connectivity index (χ0n) is 11.9. The Bertz CT molecular complexity index is 1010. The minimum Gasteiger partial charge on any atom is -0.369 e. The fraction of sp³-hybridized carbons (Fsp3) is 0.125. The van der Waals surface area contributed by atoms with Gasteiger partial charge in [0.05, 0.1) is 10.7 Å². The van der Waals surface area contributed by atoms with E-state index >= 15 is 0 Å². The molecule has 0 aliphatic carbocycles. The van der Waals surface area contributed by atoms with Gasteiger partial charge < -0.3 is 21.0 Å². The van der Waals surface area contributed by atoms with E-state index < -0.39 is 0 Å². The van der Waals surface area contributed by atoms with Crippen LogP contribution in [0.2, 0.25) is 0 Å². The third-order valence-electron chi connectivity index (χ3n) is 3.99. The number of fused-ring (bicyclic) bond motifs is 3. The molecule has 0 bridgehead atoms. The van der Waals surface area contributed by atoms with Gasteiger partial charge in [-0.2, -0.15) is 0 Å². The number of hydrogen-bond donors (Lipinski definition) is 4. The number of nitrogens with one attached hydrogen (secondary N) is 3. The smallest absolute Gasteiger partial charge is 0.268 e. The predicted molar refractivity (Wildman–Crippen MR) is 85.5 cm³/mol. The number of rotatable bonds is 0. The fourth-order valence-electron chi connectivity index (χ4n) is 3.07. The lowest BCUT2D eigenvalue weighted by Crippen LogP contribution is -2.27. The Morgan fingerprint density at radius 2 is 2.05 bits per heavy atom. The quantitative estimate of drug-likeness (QED) is 0.477. The number of carbonyl (C=O) groups excluding carboxylic acids is 1. The summed E-state index contributed by atoms with van der Waals surface area (Å²) in [5.41, 5.74) is 9.15. The lowest BCUT2D eigenvalue weighted by molar-refractivity contribution is 0.0952. The number of nitrogen functional groups attached to an aromatic ring is 1. The van der Waals surface area contributed by atoms with Crippen LogP contribution in [-0.2, 0) is 0 Å². The van der Waals surface area contributed by atoms with Crippen molar-refractivity contribution in [2.75, 3.05) is 12.3 Å². The maximum atomic E-state index is 12.3. The number of aromatic amines is 2. The third-order valence-corrected chi connectivity index (χ3v) is 3.99. The van der Waals surface area contributed by atoms with Crippen LogP contribution in [0.25, 0.3) is 23.1 Å². The van der Waals surface area contributed by atoms with Gasteiger partial charge in [-0.25, -0.2) is 4.98 Å². The number of carbonyl (C=O) groups is 1. The topological polar surface area (TPSA) is 99.6 Å². The van der Waals surface area contributed by atoms with E-state index in [1.165, 1.54) is 0 Å². The molecule has 0 radical (unpaired) electrons. The van der Waals surface area contributed by atoms with Gasteiger partial charge in [0.1, 0.15) is 5.69 Å². The Morgan fingerprint density at radius 3 is 2.82 bits per heavy atom. The predicted octanol–water partition coefficient (Wildman–Crippen LogP) is 0.216. The highest BCUT2D eigenvalue weighted by Gasteiger charge is 2.24. The number of aromatic nitrogens is 3. The zero-order chi connectivity index (χ0) is 15.3. The number of amides is 1. The van der Waals surface area contributed by atoms with E-state index in [1.54, 1.807) is 0 Å². The van der Waals surface area contributed by atoms with Crippen molar-refractivity contribution in [2.45, 2.75) is 6.42 Å². The zero-order valence-corrected chi connectivity index (χ0v) is 11.9. The first-order chi connectivity index (χ1) is 10.6. The summed E-state index contributed by atoms with van der Waals surface area (Å²) in [4.78, 5) is 22.7. The second kappa shape index (κ2) is 4.49. The second-order valence-electron chi connectivity index (χ2n) is 5.35. The van der Waals surface area contributed by atoms with Crippen LogP contribution in [0, 0.1) is 0 Å². The molecule has 22 heavy (non-hydrogen) atoms. The highest BCUT2D eigenvalue weighted by molar-refractivity contribution is 6.07. The number of imidazole rings is 1. The molecule has 110 valence electrons. The number of para-hydroxylation sites is 1. The summed E-state index contributed by atoms with van der Waals surface area (Å²) >= 11 is 0. The van der Waals surface area contributed by atoms with E-state index in [2.05, 4.69) is 26.8 Å². The molecule has 0 spiro atoms. The molecule has 0 fully saturated rings. The molecule has 6 nitrogen and oxygen atoms in total. The normalized spacial score (nSPS) is 17.2. The highest BCUT2D eigenvalue weighted by Crippen LogP contribution is 2.30. The van der Waals surface area contributed by atoms with Crippen LogP contribution >= 0.6 is 0 Å². The molecule has 1 aliphatic rings. The third kappa shape index (κ3) is 1.74. The van der Waals surface area contributed by atoms with Crippen molar-refractivity contribution in [1.82, 2.24) is 20.3 Å². The highest BCUT2D eigenvalue weighted by atomic mass is 16.1. The van der Waals surface area contributed by atoms with Crippen molar-refractivity contribution in [2.24, 2.45) is 0 Å². The average Bonchev–Trinajstić information content (AvgIpc) is 2.99. The van der Waals surface area contributed by atoms with Crippen LogP contribution < -0.4 is 21.7 Å². The number of H-pyrrole nitrogens is 2. The maximum absolute atomic E-state index is 12.3. The molecule has 0 saturated carbocycles. The number of anilines is 1. The molecule has 5 N–H and O–H groups in total. The summed E-state index contributed by atoms with van der Waals surface area (Å²) in [6, 6.07) is 7.87. The van der Waals surface area contributed by atoms with Gasteiger partial charge in [-0.05, 0) is 18.1 Å². The van der Waals surface area contributed by atoms with Crippen LogP contribution in [0.5, 0.6) is 0 Å². The first-order valence-corrected chi connectivity index (χ1v) is 7.08. The molecular formula is C16H15N5O. The van der Waals surface area contributed by atoms with Gasteiger partial charge in [-0.15, -0.1) is 0 Å². The summed E-state index contributed by atoms with van der Waals surface area (Å²) < 4.78 is 0. The number of nitrogens with zero attached hydrogens (tertiary/aromatic N) is 1. The second-order valence-corrected chi connectivity index (χ2v) is 5.35. The van der Waals surface area contributed by atoms with Crippen molar-refractivity contribution in [3.8, 4) is 0 Å². The van der Waals surface area contributed by atoms with Gasteiger partial charge in [0.15, 0.2) is 5.95 Å². The van der Waals surface area contributed by atoms with Gasteiger partial charge in [-0.3, -0.25) is 4.79 Å². The molecule has 3 aromatic rings. The SMILES string of the molecule is C=c1nc(N)[nH]/c1=C1/CCNC(=O)c2[nH]c3ccccc3c21. The Morgan fingerprint density at radius 1 is 1.23 bits per heavy atom. The summed E-state index contributed by atoms with van der Waals surface area (Å²) in [6.45, 7) is 4.50. The van der Waals surface area contributed by atoms with Gasteiger partial charge in [-0.1, -0.05) is 24.8 Å². The van der Waals surface area contributed by atoms with Crippen molar-refractivity contribution in [3.05, 3.63) is 46.2 Å². The van der Waals surface area contributed by atoms with Crippen LogP contribution in [0.15, 0.2) is 24.3 Å². The van der Waals surface area contributed by atoms with Crippen molar-refractivity contribution in [3.63, 3.8) is 0 Å². The number of benzene rings is 1. The number of nitrogens with two attached hydrogens (primary N) is 1. The van der Waals surface area contributed by atoms with E-state index in [9.17, 15) is 4.79 Å². The molecule has 4 rings (SSSR count). The Hall–Kier alpha value is -3.02. The molecule has 6 heteroatoms. The standard InChI is InChI=1S/C16H15N5O/c1-8-13(21-16(17)19-8)10-6-7-18-15(22)14-12(10)9-4-2-3-5-11(9)20-14/h2-5,20H,1,6-7H2,(H,18,22)(H3,17,19,21)/b13-10-. The van der Waals surface area contributed by atoms with Crippen molar-refractivity contribution >= 4 is 34.9 Å². The molecule has 2 aromatic heterocycles.